The van der Waals surface area contributed by atoms with Gasteiger partial charge in [0, 0.05) is 12.6 Å². The smallest absolute Gasteiger partial charge is 0.126 e. The molecule has 0 amide bonds. The lowest BCUT2D eigenvalue weighted by atomic mass is 9.99. The average molecular weight is 245 g/mol. The SMILES string of the molecule is CCc1cccc(C(NN)c2cnn(C)c2N)c1. The Bertz CT molecular complexity index is 532. The van der Waals surface area contributed by atoms with E-state index in [0.717, 1.165) is 17.5 Å². The minimum absolute atomic E-state index is 0.134. The Balaban J connectivity index is 2.41. The quantitative estimate of drug-likeness (QED) is 0.557. The van der Waals surface area contributed by atoms with Gasteiger partial charge in [-0.3, -0.25) is 10.5 Å². The highest BCUT2D eigenvalue weighted by Gasteiger charge is 2.18. The molecule has 0 aliphatic rings. The van der Waals surface area contributed by atoms with E-state index in [1.165, 1.54) is 5.56 Å². The number of aromatic nitrogens is 2. The molecule has 1 atom stereocenters. The zero-order valence-corrected chi connectivity index (χ0v) is 10.7. The molecule has 1 unspecified atom stereocenters. The highest BCUT2D eigenvalue weighted by Crippen LogP contribution is 2.26. The number of nitrogens with zero attached hydrogens (tertiary/aromatic N) is 2. The Morgan fingerprint density at radius 2 is 2.22 bits per heavy atom. The van der Waals surface area contributed by atoms with Crippen molar-refractivity contribution in [3.63, 3.8) is 0 Å². The number of nitrogens with one attached hydrogen (secondary N) is 1. The van der Waals surface area contributed by atoms with E-state index >= 15 is 0 Å². The van der Waals surface area contributed by atoms with Gasteiger partial charge in [-0.2, -0.15) is 5.10 Å². The molecule has 5 heteroatoms. The summed E-state index contributed by atoms with van der Waals surface area (Å²) in [6.45, 7) is 2.13. The fraction of sp³-hybridized carbons (Fsp3) is 0.308. The van der Waals surface area contributed by atoms with Crippen molar-refractivity contribution in [2.45, 2.75) is 19.4 Å². The van der Waals surface area contributed by atoms with Crippen molar-refractivity contribution in [1.82, 2.24) is 15.2 Å². The van der Waals surface area contributed by atoms with Gasteiger partial charge in [-0.25, -0.2) is 5.43 Å². The molecule has 2 rings (SSSR count). The first-order valence-electron chi connectivity index (χ1n) is 5.99. The number of aryl methyl sites for hydroxylation is 2. The Hall–Kier alpha value is -1.85. The van der Waals surface area contributed by atoms with Crippen molar-refractivity contribution in [3.05, 3.63) is 47.2 Å². The summed E-state index contributed by atoms with van der Waals surface area (Å²) in [4.78, 5) is 0. The van der Waals surface area contributed by atoms with Crippen LogP contribution in [0.25, 0.3) is 0 Å². The van der Waals surface area contributed by atoms with Crippen molar-refractivity contribution in [1.29, 1.82) is 0 Å². The zero-order valence-electron chi connectivity index (χ0n) is 10.7. The van der Waals surface area contributed by atoms with Crippen LogP contribution in [-0.4, -0.2) is 9.78 Å². The van der Waals surface area contributed by atoms with Crippen LogP contribution in [0.1, 0.15) is 29.7 Å². The van der Waals surface area contributed by atoms with E-state index in [4.69, 9.17) is 11.6 Å². The normalized spacial score (nSPS) is 12.6. The summed E-state index contributed by atoms with van der Waals surface area (Å²) in [6, 6.07) is 8.17. The first-order valence-corrected chi connectivity index (χ1v) is 5.99. The van der Waals surface area contributed by atoms with Crippen molar-refractivity contribution < 1.29 is 0 Å². The van der Waals surface area contributed by atoms with Gasteiger partial charge in [-0.05, 0) is 17.5 Å². The fourth-order valence-electron chi connectivity index (χ4n) is 2.04. The van der Waals surface area contributed by atoms with Gasteiger partial charge in [0.05, 0.1) is 12.2 Å². The Kier molecular flexibility index (Phi) is 3.64. The maximum atomic E-state index is 5.99. The van der Waals surface area contributed by atoms with Crippen LogP contribution in [0.3, 0.4) is 0 Å². The van der Waals surface area contributed by atoms with Crippen LogP contribution >= 0.6 is 0 Å². The summed E-state index contributed by atoms with van der Waals surface area (Å²) in [5, 5.41) is 4.15. The first-order chi connectivity index (χ1) is 8.67. The largest absolute Gasteiger partial charge is 0.384 e. The molecule has 1 aromatic heterocycles. The second kappa shape index (κ2) is 5.20. The number of nitrogen functional groups attached to an aromatic ring is 1. The maximum Gasteiger partial charge on any atom is 0.126 e. The van der Waals surface area contributed by atoms with Gasteiger partial charge in [0.1, 0.15) is 5.82 Å². The molecule has 5 N–H and O–H groups in total. The van der Waals surface area contributed by atoms with E-state index in [2.05, 4.69) is 29.6 Å². The molecular weight excluding hydrogens is 226 g/mol. The minimum atomic E-state index is -0.134. The van der Waals surface area contributed by atoms with Crippen LogP contribution in [0.4, 0.5) is 5.82 Å². The minimum Gasteiger partial charge on any atom is -0.384 e. The molecule has 1 aromatic carbocycles. The van der Waals surface area contributed by atoms with Gasteiger partial charge in [-0.1, -0.05) is 31.2 Å². The lowest BCUT2D eigenvalue weighted by molar-refractivity contribution is 0.637. The number of rotatable bonds is 4. The molecule has 0 saturated carbocycles. The summed E-state index contributed by atoms with van der Waals surface area (Å²) in [6.07, 6.45) is 2.74. The molecule has 2 aromatic rings. The number of nitrogens with two attached hydrogens (primary N) is 2. The van der Waals surface area contributed by atoms with Crippen LogP contribution in [-0.2, 0) is 13.5 Å². The predicted molar refractivity (Wildman–Crippen MR) is 72.6 cm³/mol. The third-order valence-corrected chi connectivity index (χ3v) is 3.18. The maximum absolute atomic E-state index is 5.99. The molecule has 5 nitrogen and oxygen atoms in total. The monoisotopic (exact) mass is 245 g/mol. The van der Waals surface area contributed by atoms with Gasteiger partial charge in [0.2, 0.25) is 0 Å². The van der Waals surface area contributed by atoms with Gasteiger partial charge in [0.15, 0.2) is 0 Å². The summed E-state index contributed by atoms with van der Waals surface area (Å²) in [7, 11) is 1.81. The van der Waals surface area contributed by atoms with Gasteiger partial charge in [-0.15, -0.1) is 0 Å². The second-order valence-electron chi connectivity index (χ2n) is 4.31. The number of anilines is 1. The molecule has 1 heterocycles. The van der Waals surface area contributed by atoms with E-state index in [-0.39, 0.29) is 6.04 Å². The van der Waals surface area contributed by atoms with Crippen molar-refractivity contribution in [2.24, 2.45) is 12.9 Å². The molecule has 18 heavy (non-hydrogen) atoms. The molecule has 0 saturated heterocycles. The van der Waals surface area contributed by atoms with Crippen LogP contribution in [0, 0.1) is 0 Å². The Labute approximate surface area is 107 Å². The Morgan fingerprint density at radius 1 is 1.44 bits per heavy atom. The van der Waals surface area contributed by atoms with Crippen molar-refractivity contribution in [2.75, 3.05) is 5.73 Å². The standard InChI is InChI=1S/C13H19N5/c1-3-9-5-4-6-10(7-9)12(17-15)11-8-16-18(2)13(11)14/h4-8,12,17H,3,14-15H2,1-2H3. The molecule has 96 valence electrons. The van der Waals surface area contributed by atoms with Crippen LogP contribution in [0.5, 0.6) is 0 Å². The van der Waals surface area contributed by atoms with Crippen molar-refractivity contribution >= 4 is 5.82 Å². The molecule has 0 bridgehead atoms. The molecule has 0 fully saturated rings. The summed E-state index contributed by atoms with van der Waals surface area (Å²) >= 11 is 0. The van der Waals surface area contributed by atoms with Gasteiger partial charge >= 0.3 is 0 Å². The van der Waals surface area contributed by atoms with Gasteiger partial charge < -0.3 is 5.73 Å². The van der Waals surface area contributed by atoms with Crippen LogP contribution in [0.2, 0.25) is 0 Å². The fourth-order valence-corrected chi connectivity index (χ4v) is 2.04. The average Bonchev–Trinajstić information content (AvgIpc) is 2.72. The van der Waals surface area contributed by atoms with E-state index in [0.29, 0.717) is 5.82 Å². The van der Waals surface area contributed by atoms with E-state index in [9.17, 15) is 0 Å². The molecule has 0 aliphatic carbocycles. The van der Waals surface area contributed by atoms with E-state index in [1.807, 2.05) is 19.2 Å². The molecular formula is C13H19N5. The first kappa shape index (κ1) is 12.6. The molecule has 0 spiro atoms. The highest BCUT2D eigenvalue weighted by atomic mass is 15.3. The molecule has 0 aliphatic heterocycles. The predicted octanol–water partition coefficient (Wildman–Crippen LogP) is 1.12. The van der Waals surface area contributed by atoms with Crippen molar-refractivity contribution in [3.8, 4) is 0 Å². The van der Waals surface area contributed by atoms with E-state index < -0.39 is 0 Å². The Morgan fingerprint density at radius 3 is 2.78 bits per heavy atom. The number of hydrogen-bond donors (Lipinski definition) is 3. The summed E-state index contributed by atoms with van der Waals surface area (Å²) in [5.41, 5.74) is 12.1. The third kappa shape index (κ3) is 2.23. The van der Waals surface area contributed by atoms with E-state index in [1.54, 1.807) is 10.9 Å². The lowest BCUT2D eigenvalue weighted by Crippen LogP contribution is -2.29. The zero-order chi connectivity index (χ0) is 13.1. The summed E-state index contributed by atoms with van der Waals surface area (Å²) in [5.74, 6) is 6.29. The number of hydrogen-bond acceptors (Lipinski definition) is 4. The lowest BCUT2D eigenvalue weighted by Gasteiger charge is -2.16. The number of benzene rings is 1. The highest BCUT2D eigenvalue weighted by molar-refractivity contribution is 5.45. The third-order valence-electron chi connectivity index (χ3n) is 3.18. The number of hydrazine groups is 1. The summed E-state index contributed by atoms with van der Waals surface area (Å²) < 4.78 is 1.64. The molecule has 0 radical (unpaired) electrons. The van der Waals surface area contributed by atoms with Gasteiger partial charge in [0.25, 0.3) is 0 Å². The van der Waals surface area contributed by atoms with Crippen LogP contribution < -0.4 is 17.0 Å². The topological polar surface area (TPSA) is 81.9 Å². The van der Waals surface area contributed by atoms with Crippen LogP contribution in [0.15, 0.2) is 30.5 Å². The second-order valence-corrected chi connectivity index (χ2v) is 4.31.